The van der Waals surface area contributed by atoms with Crippen LogP contribution in [0.4, 0.5) is 0 Å². The van der Waals surface area contributed by atoms with Crippen LogP contribution in [-0.4, -0.2) is 34.0 Å². The summed E-state index contributed by atoms with van der Waals surface area (Å²) in [5, 5.41) is 3.89. The third-order valence-corrected chi connectivity index (χ3v) is 4.29. The fraction of sp³-hybridized carbons (Fsp3) is 0.471. The summed E-state index contributed by atoms with van der Waals surface area (Å²) >= 11 is 0. The zero-order chi connectivity index (χ0) is 15.6. The highest BCUT2D eigenvalue weighted by atomic mass is 16.5. The number of rotatable bonds is 3. The van der Waals surface area contributed by atoms with E-state index in [2.05, 4.69) is 17.1 Å². The third kappa shape index (κ3) is 3.03. The average molecular weight is 299 g/mol. The lowest BCUT2D eigenvalue weighted by atomic mass is 9.81. The molecule has 1 atom stereocenters. The van der Waals surface area contributed by atoms with Crippen LogP contribution in [0.2, 0.25) is 0 Å². The number of carbonyl (C=O) groups is 1. The lowest BCUT2D eigenvalue weighted by molar-refractivity contribution is -0.132. The van der Waals surface area contributed by atoms with Crippen LogP contribution in [0.25, 0.3) is 0 Å². The Labute approximate surface area is 130 Å². The molecule has 5 nitrogen and oxygen atoms in total. The van der Waals surface area contributed by atoms with Crippen molar-refractivity contribution in [3.05, 3.63) is 47.6 Å². The first-order valence-corrected chi connectivity index (χ1v) is 7.69. The minimum absolute atomic E-state index is 0.161. The van der Waals surface area contributed by atoms with Crippen molar-refractivity contribution < 1.29 is 9.32 Å². The Hall–Kier alpha value is -2.17. The molecule has 1 aromatic carbocycles. The first-order valence-electron chi connectivity index (χ1n) is 7.69. The zero-order valence-electron chi connectivity index (χ0n) is 13.1. The number of benzene rings is 1. The summed E-state index contributed by atoms with van der Waals surface area (Å²) in [6.45, 7) is 5.36. The summed E-state index contributed by atoms with van der Waals surface area (Å²) in [6.07, 6.45) is 2.36. The number of piperidine rings is 1. The van der Waals surface area contributed by atoms with Gasteiger partial charge in [0.15, 0.2) is 5.82 Å². The smallest absolute Gasteiger partial charge is 0.234 e. The lowest BCUT2D eigenvalue weighted by Gasteiger charge is -2.38. The van der Waals surface area contributed by atoms with E-state index < -0.39 is 0 Å². The molecule has 0 spiro atoms. The molecule has 116 valence electrons. The molecule has 0 saturated carbocycles. The Morgan fingerprint density at radius 1 is 1.36 bits per heavy atom. The first kappa shape index (κ1) is 14.8. The average Bonchev–Trinajstić information content (AvgIpc) is 2.96. The number of likely N-dealkylation sites (tertiary alicyclic amines) is 1. The second kappa shape index (κ2) is 5.91. The highest BCUT2D eigenvalue weighted by Gasteiger charge is 2.38. The van der Waals surface area contributed by atoms with Crippen molar-refractivity contribution in [1.82, 2.24) is 15.0 Å². The van der Waals surface area contributed by atoms with E-state index in [0.29, 0.717) is 24.7 Å². The predicted octanol–water partition coefficient (Wildman–Crippen LogP) is 2.50. The monoisotopic (exact) mass is 299 g/mol. The van der Waals surface area contributed by atoms with Crippen LogP contribution in [-0.2, 0) is 16.6 Å². The Kier molecular flexibility index (Phi) is 3.96. The quantitative estimate of drug-likeness (QED) is 0.873. The topological polar surface area (TPSA) is 59.2 Å². The normalized spacial score (nSPS) is 21.8. The number of amides is 1. The number of aryl methyl sites for hydroxylation is 1. The van der Waals surface area contributed by atoms with Crippen molar-refractivity contribution in [2.24, 2.45) is 0 Å². The second-order valence-corrected chi connectivity index (χ2v) is 6.29. The fourth-order valence-corrected chi connectivity index (χ4v) is 3.05. The molecule has 5 heteroatoms. The molecule has 1 aliphatic rings. The van der Waals surface area contributed by atoms with Gasteiger partial charge in [-0.25, -0.2) is 0 Å². The molecule has 0 radical (unpaired) electrons. The van der Waals surface area contributed by atoms with Crippen LogP contribution >= 0.6 is 0 Å². The molecule has 1 aliphatic heterocycles. The molecule has 0 bridgehead atoms. The molecule has 1 amide bonds. The van der Waals surface area contributed by atoms with E-state index in [4.69, 9.17) is 4.52 Å². The summed E-state index contributed by atoms with van der Waals surface area (Å²) in [5.74, 6) is 1.44. The number of hydrogen-bond acceptors (Lipinski definition) is 4. The maximum atomic E-state index is 12.6. The van der Waals surface area contributed by atoms with Crippen molar-refractivity contribution in [1.29, 1.82) is 0 Å². The van der Waals surface area contributed by atoms with Gasteiger partial charge in [0.1, 0.15) is 0 Å². The van der Waals surface area contributed by atoms with Gasteiger partial charge >= 0.3 is 0 Å². The molecule has 1 saturated heterocycles. The summed E-state index contributed by atoms with van der Waals surface area (Å²) in [5.41, 5.74) is 0.805. The SMILES string of the molecule is Cc1noc(C2(C)CCCN(C(=O)Cc3ccccc3)C2)n1. The standard InChI is InChI=1S/C17H21N3O2/c1-13-18-16(22-19-13)17(2)9-6-10-20(12-17)15(21)11-14-7-4-3-5-8-14/h3-5,7-8H,6,9-12H2,1-2H3. The summed E-state index contributed by atoms with van der Waals surface area (Å²) in [7, 11) is 0. The number of carbonyl (C=O) groups excluding carboxylic acids is 1. The van der Waals surface area contributed by atoms with Crippen molar-refractivity contribution in [2.45, 2.75) is 38.5 Å². The third-order valence-electron chi connectivity index (χ3n) is 4.29. The van der Waals surface area contributed by atoms with Crippen molar-refractivity contribution in [3.8, 4) is 0 Å². The molecule has 0 N–H and O–H groups in total. The van der Waals surface area contributed by atoms with E-state index in [9.17, 15) is 4.79 Å². The van der Waals surface area contributed by atoms with Gasteiger partial charge in [-0.05, 0) is 32.3 Å². The fourth-order valence-electron chi connectivity index (χ4n) is 3.05. The van der Waals surface area contributed by atoms with Crippen LogP contribution in [0.5, 0.6) is 0 Å². The lowest BCUT2D eigenvalue weighted by Crippen LogP contribution is -2.47. The number of hydrogen-bond donors (Lipinski definition) is 0. The van der Waals surface area contributed by atoms with Crippen molar-refractivity contribution in [2.75, 3.05) is 13.1 Å². The Bertz CT molecular complexity index is 653. The molecule has 2 aromatic rings. The molecule has 1 fully saturated rings. The van der Waals surface area contributed by atoms with E-state index in [-0.39, 0.29) is 11.3 Å². The molecular weight excluding hydrogens is 278 g/mol. The molecule has 22 heavy (non-hydrogen) atoms. The van der Waals surface area contributed by atoms with Crippen LogP contribution in [0.3, 0.4) is 0 Å². The van der Waals surface area contributed by atoms with Crippen LogP contribution in [0, 0.1) is 6.92 Å². The maximum Gasteiger partial charge on any atom is 0.234 e. The minimum Gasteiger partial charge on any atom is -0.341 e. The van der Waals surface area contributed by atoms with Crippen molar-refractivity contribution >= 4 is 5.91 Å². The highest BCUT2D eigenvalue weighted by molar-refractivity contribution is 5.79. The highest BCUT2D eigenvalue weighted by Crippen LogP contribution is 2.32. The van der Waals surface area contributed by atoms with Gasteiger partial charge in [-0.1, -0.05) is 35.5 Å². The summed E-state index contributed by atoms with van der Waals surface area (Å²) < 4.78 is 5.35. The van der Waals surface area contributed by atoms with E-state index >= 15 is 0 Å². The molecule has 1 aromatic heterocycles. The molecule has 0 aliphatic carbocycles. The van der Waals surface area contributed by atoms with Gasteiger partial charge in [-0.3, -0.25) is 4.79 Å². The minimum atomic E-state index is -0.244. The Balaban J connectivity index is 1.71. The predicted molar refractivity (Wildman–Crippen MR) is 82.3 cm³/mol. The molecular formula is C17H21N3O2. The van der Waals surface area contributed by atoms with Crippen molar-refractivity contribution in [3.63, 3.8) is 0 Å². The van der Waals surface area contributed by atoms with Gasteiger partial charge in [0.05, 0.1) is 11.8 Å². The Morgan fingerprint density at radius 3 is 2.82 bits per heavy atom. The molecule has 3 rings (SSSR count). The van der Waals surface area contributed by atoms with Crippen LogP contribution in [0.1, 0.15) is 37.0 Å². The maximum absolute atomic E-state index is 12.6. The van der Waals surface area contributed by atoms with E-state index in [1.807, 2.05) is 42.2 Å². The largest absolute Gasteiger partial charge is 0.341 e. The van der Waals surface area contributed by atoms with Gasteiger partial charge in [-0.2, -0.15) is 4.98 Å². The van der Waals surface area contributed by atoms with Gasteiger partial charge in [0.2, 0.25) is 11.8 Å². The molecule has 2 heterocycles. The van der Waals surface area contributed by atoms with E-state index in [0.717, 1.165) is 24.9 Å². The van der Waals surface area contributed by atoms with Gasteiger partial charge < -0.3 is 9.42 Å². The number of nitrogens with zero attached hydrogens (tertiary/aromatic N) is 3. The van der Waals surface area contributed by atoms with E-state index in [1.54, 1.807) is 0 Å². The molecule has 1 unspecified atom stereocenters. The van der Waals surface area contributed by atoms with Gasteiger partial charge in [0.25, 0.3) is 0 Å². The first-order chi connectivity index (χ1) is 10.6. The Morgan fingerprint density at radius 2 is 2.14 bits per heavy atom. The van der Waals surface area contributed by atoms with Gasteiger partial charge in [0, 0.05) is 13.1 Å². The zero-order valence-corrected chi connectivity index (χ0v) is 13.1. The number of aromatic nitrogens is 2. The summed E-state index contributed by atoms with van der Waals surface area (Å²) in [6, 6.07) is 9.86. The summed E-state index contributed by atoms with van der Waals surface area (Å²) in [4.78, 5) is 18.8. The van der Waals surface area contributed by atoms with Gasteiger partial charge in [-0.15, -0.1) is 0 Å². The van der Waals surface area contributed by atoms with Crippen LogP contribution in [0.15, 0.2) is 34.9 Å². The second-order valence-electron chi connectivity index (χ2n) is 6.29. The van der Waals surface area contributed by atoms with E-state index in [1.165, 1.54) is 0 Å². The van der Waals surface area contributed by atoms with Crippen LogP contribution < -0.4 is 0 Å².